The molecule has 4 nitrogen and oxygen atoms in total. The van der Waals surface area contributed by atoms with Gasteiger partial charge in [0.2, 0.25) is 0 Å². The van der Waals surface area contributed by atoms with Crippen LogP contribution < -0.4 is 5.73 Å². The van der Waals surface area contributed by atoms with E-state index in [-0.39, 0.29) is 0 Å². The van der Waals surface area contributed by atoms with E-state index in [1.165, 1.54) is 12.8 Å². The number of ether oxygens (including phenoxy) is 1. The molecule has 2 rings (SSSR count). The predicted octanol–water partition coefficient (Wildman–Crippen LogP) is 1.61. The van der Waals surface area contributed by atoms with Crippen LogP contribution in [0, 0.1) is 0 Å². The lowest BCUT2D eigenvalue weighted by molar-refractivity contribution is 0.0681. The van der Waals surface area contributed by atoms with E-state index in [4.69, 9.17) is 14.9 Å². The van der Waals surface area contributed by atoms with Gasteiger partial charge in [-0.05, 0) is 44.5 Å². The van der Waals surface area contributed by atoms with Crippen molar-refractivity contribution in [2.24, 2.45) is 5.73 Å². The van der Waals surface area contributed by atoms with Gasteiger partial charge in [-0.25, -0.2) is 0 Å². The summed E-state index contributed by atoms with van der Waals surface area (Å²) < 4.78 is 11.1. The minimum atomic E-state index is 0.391. The largest absolute Gasteiger partial charge is 0.468 e. The molecule has 1 aliphatic heterocycles. The normalized spacial score (nSPS) is 20.2. The van der Waals surface area contributed by atoms with Crippen LogP contribution in [-0.2, 0) is 11.3 Å². The highest BCUT2D eigenvalue weighted by atomic mass is 16.5. The van der Waals surface area contributed by atoms with E-state index in [1.54, 1.807) is 6.26 Å². The molecule has 17 heavy (non-hydrogen) atoms. The molecule has 4 heteroatoms. The lowest BCUT2D eigenvalue weighted by Gasteiger charge is -2.24. The summed E-state index contributed by atoms with van der Waals surface area (Å²) in [7, 11) is 0. The molecule has 0 spiro atoms. The summed E-state index contributed by atoms with van der Waals surface area (Å²) in [5, 5.41) is 0. The smallest absolute Gasteiger partial charge is 0.117 e. The van der Waals surface area contributed by atoms with E-state index < -0.39 is 0 Å². The van der Waals surface area contributed by atoms with Crippen molar-refractivity contribution >= 4 is 0 Å². The summed E-state index contributed by atoms with van der Waals surface area (Å²) in [4.78, 5) is 2.38. The fourth-order valence-corrected chi connectivity index (χ4v) is 2.25. The standard InChI is InChI=1S/C13H22N2O2/c14-6-3-7-15(10-12-4-1-8-16-12)11-13-5-2-9-17-13/h1,4,8,13H,2-3,5-7,9-11,14H2/t13-/m1/s1. The number of furan rings is 1. The molecule has 0 aliphatic carbocycles. The van der Waals surface area contributed by atoms with Crippen LogP contribution in [0.15, 0.2) is 22.8 Å². The molecule has 0 saturated carbocycles. The second-order valence-corrected chi connectivity index (χ2v) is 4.59. The topological polar surface area (TPSA) is 51.6 Å². The third-order valence-electron chi connectivity index (χ3n) is 3.12. The second kappa shape index (κ2) is 6.79. The van der Waals surface area contributed by atoms with Crippen LogP contribution in [-0.4, -0.2) is 37.2 Å². The molecular weight excluding hydrogens is 216 g/mol. The highest BCUT2D eigenvalue weighted by Gasteiger charge is 2.19. The van der Waals surface area contributed by atoms with Crippen LogP contribution in [0.2, 0.25) is 0 Å². The molecule has 1 atom stereocenters. The van der Waals surface area contributed by atoms with E-state index in [2.05, 4.69) is 4.90 Å². The number of nitrogens with zero attached hydrogens (tertiary/aromatic N) is 1. The van der Waals surface area contributed by atoms with E-state index in [0.29, 0.717) is 6.10 Å². The third kappa shape index (κ3) is 4.15. The fourth-order valence-electron chi connectivity index (χ4n) is 2.25. The molecule has 1 aliphatic rings. The molecule has 1 aromatic heterocycles. The van der Waals surface area contributed by atoms with Gasteiger partial charge >= 0.3 is 0 Å². The molecule has 2 heterocycles. The maximum Gasteiger partial charge on any atom is 0.117 e. The molecule has 0 amide bonds. The van der Waals surface area contributed by atoms with Gasteiger partial charge in [0.25, 0.3) is 0 Å². The quantitative estimate of drug-likeness (QED) is 0.784. The zero-order valence-electron chi connectivity index (χ0n) is 10.3. The molecule has 0 bridgehead atoms. The maximum atomic E-state index is 5.68. The predicted molar refractivity (Wildman–Crippen MR) is 66.6 cm³/mol. The first-order valence-electron chi connectivity index (χ1n) is 6.45. The van der Waals surface area contributed by atoms with Gasteiger partial charge in [0.1, 0.15) is 5.76 Å². The number of nitrogens with two attached hydrogens (primary N) is 1. The van der Waals surface area contributed by atoms with Gasteiger partial charge in [0.05, 0.1) is 18.9 Å². The minimum Gasteiger partial charge on any atom is -0.468 e. The van der Waals surface area contributed by atoms with E-state index >= 15 is 0 Å². The van der Waals surface area contributed by atoms with Gasteiger partial charge in [-0.1, -0.05) is 0 Å². The van der Waals surface area contributed by atoms with Crippen molar-refractivity contribution in [3.63, 3.8) is 0 Å². The third-order valence-corrected chi connectivity index (χ3v) is 3.12. The Morgan fingerprint density at radius 1 is 1.47 bits per heavy atom. The molecule has 1 aromatic rings. The molecule has 0 radical (unpaired) electrons. The Morgan fingerprint density at radius 3 is 3.06 bits per heavy atom. The first kappa shape index (κ1) is 12.6. The average molecular weight is 238 g/mol. The van der Waals surface area contributed by atoms with Crippen molar-refractivity contribution in [2.45, 2.75) is 31.9 Å². The van der Waals surface area contributed by atoms with Gasteiger partial charge in [-0.3, -0.25) is 4.90 Å². The monoisotopic (exact) mass is 238 g/mol. The Kier molecular flexibility index (Phi) is 5.04. The van der Waals surface area contributed by atoms with Crippen molar-refractivity contribution in [2.75, 3.05) is 26.2 Å². The van der Waals surface area contributed by atoms with Crippen LogP contribution in [0.1, 0.15) is 25.0 Å². The van der Waals surface area contributed by atoms with Crippen molar-refractivity contribution in [1.29, 1.82) is 0 Å². The van der Waals surface area contributed by atoms with Crippen LogP contribution in [0.25, 0.3) is 0 Å². The molecule has 2 N–H and O–H groups in total. The molecule has 96 valence electrons. The average Bonchev–Trinajstić information content (AvgIpc) is 2.99. The van der Waals surface area contributed by atoms with Gasteiger partial charge in [-0.15, -0.1) is 0 Å². The van der Waals surface area contributed by atoms with Gasteiger partial charge in [0, 0.05) is 13.2 Å². The van der Waals surface area contributed by atoms with Crippen LogP contribution >= 0.6 is 0 Å². The zero-order chi connectivity index (χ0) is 11.9. The summed E-state index contributed by atoms with van der Waals surface area (Å²) in [6.45, 7) is 4.50. The van der Waals surface area contributed by atoms with Gasteiger partial charge < -0.3 is 14.9 Å². The highest BCUT2D eigenvalue weighted by Crippen LogP contribution is 2.15. The van der Waals surface area contributed by atoms with E-state index in [9.17, 15) is 0 Å². The number of hydrogen-bond donors (Lipinski definition) is 1. The first-order chi connectivity index (χ1) is 8.38. The SMILES string of the molecule is NCCCN(Cc1ccco1)C[C@H]1CCCO1. The number of rotatable bonds is 7. The lowest BCUT2D eigenvalue weighted by Crippen LogP contribution is -2.33. The fraction of sp³-hybridized carbons (Fsp3) is 0.692. The summed E-state index contributed by atoms with van der Waals surface area (Å²) >= 11 is 0. The van der Waals surface area contributed by atoms with Gasteiger partial charge in [-0.2, -0.15) is 0 Å². The minimum absolute atomic E-state index is 0.391. The molecule has 0 unspecified atom stereocenters. The highest BCUT2D eigenvalue weighted by molar-refractivity contribution is 4.98. The van der Waals surface area contributed by atoms with Crippen molar-refractivity contribution < 1.29 is 9.15 Å². The molecule has 0 aromatic carbocycles. The Hall–Kier alpha value is -0.840. The molecule has 1 fully saturated rings. The Morgan fingerprint density at radius 2 is 2.41 bits per heavy atom. The number of hydrogen-bond acceptors (Lipinski definition) is 4. The Labute approximate surface area is 103 Å². The maximum absolute atomic E-state index is 5.68. The Balaban J connectivity index is 1.83. The summed E-state index contributed by atoms with van der Waals surface area (Å²) in [5.41, 5.74) is 5.58. The summed E-state index contributed by atoms with van der Waals surface area (Å²) in [6.07, 6.45) is 5.51. The van der Waals surface area contributed by atoms with E-state index in [1.807, 2.05) is 12.1 Å². The van der Waals surface area contributed by atoms with Crippen molar-refractivity contribution in [1.82, 2.24) is 4.90 Å². The lowest BCUT2D eigenvalue weighted by atomic mass is 10.2. The summed E-state index contributed by atoms with van der Waals surface area (Å²) in [5.74, 6) is 1.01. The summed E-state index contributed by atoms with van der Waals surface area (Å²) in [6, 6.07) is 3.95. The van der Waals surface area contributed by atoms with Gasteiger partial charge in [0.15, 0.2) is 0 Å². The second-order valence-electron chi connectivity index (χ2n) is 4.59. The molecule has 1 saturated heterocycles. The van der Waals surface area contributed by atoms with Crippen LogP contribution in [0.4, 0.5) is 0 Å². The molecular formula is C13H22N2O2. The van der Waals surface area contributed by atoms with E-state index in [0.717, 1.165) is 45.0 Å². The first-order valence-corrected chi connectivity index (χ1v) is 6.45. The van der Waals surface area contributed by atoms with Crippen molar-refractivity contribution in [3.8, 4) is 0 Å². The van der Waals surface area contributed by atoms with Crippen molar-refractivity contribution in [3.05, 3.63) is 24.2 Å². The van der Waals surface area contributed by atoms with Crippen LogP contribution in [0.5, 0.6) is 0 Å². The Bertz CT molecular complexity index is 294. The zero-order valence-corrected chi connectivity index (χ0v) is 10.3. The van der Waals surface area contributed by atoms with Crippen LogP contribution in [0.3, 0.4) is 0 Å².